The maximum Gasteiger partial charge on any atom is 0.0562 e. The molecular formula is C11H9BrClNS2. The molecule has 84 valence electrons. The molecular weight excluding hydrogens is 326 g/mol. The number of rotatable bonds is 3. The number of nitrogens with two attached hydrogens (primary N) is 1. The first-order valence-corrected chi connectivity index (χ1v) is 7.59. The Morgan fingerprint density at radius 1 is 1.38 bits per heavy atom. The molecule has 2 aromatic rings. The van der Waals surface area contributed by atoms with Crippen molar-refractivity contribution in [2.75, 3.05) is 5.73 Å². The third kappa shape index (κ3) is 3.17. The standard InChI is InChI=1S/C11H9BrClNS2/c12-7-3-9(15-5-7)6-16-11-2-1-8(14)4-10(11)13/h1-5H,6,14H2. The molecule has 0 atom stereocenters. The number of anilines is 1. The van der Waals surface area contributed by atoms with Crippen molar-refractivity contribution in [3.8, 4) is 0 Å². The van der Waals surface area contributed by atoms with Crippen molar-refractivity contribution in [2.24, 2.45) is 0 Å². The monoisotopic (exact) mass is 333 g/mol. The molecule has 2 N–H and O–H groups in total. The molecule has 0 saturated heterocycles. The van der Waals surface area contributed by atoms with E-state index >= 15 is 0 Å². The molecule has 1 heterocycles. The van der Waals surface area contributed by atoms with Crippen molar-refractivity contribution in [1.82, 2.24) is 0 Å². The zero-order chi connectivity index (χ0) is 11.5. The van der Waals surface area contributed by atoms with Gasteiger partial charge in [0, 0.05) is 31.1 Å². The number of hydrogen-bond donors (Lipinski definition) is 1. The summed E-state index contributed by atoms with van der Waals surface area (Å²) in [6.07, 6.45) is 0. The Bertz CT molecular complexity index is 498. The third-order valence-corrected chi connectivity index (χ3v) is 5.38. The fourth-order valence-electron chi connectivity index (χ4n) is 1.21. The second-order valence-corrected chi connectivity index (χ2v) is 6.55. The largest absolute Gasteiger partial charge is 0.399 e. The minimum atomic E-state index is 0.702. The lowest BCUT2D eigenvalue weighted by molar-refractivity contribution is 1.43. The van der Waals surface area contributed by atoms with E-state index in [9.17, 15) is 0 Å². The quantitative estimate of drug-likeness (QED) is 0.628. The van der Waals surface area contributed by atoms with Gasteiger partial charge in [0.05, 0.1) is 5.02 Å². The number of hydrogen-bond acceptors (Lipinski definition) is 3. The molecule has 0 bridgehead atoms. The molecule has 0 fully saturated rings. The molecule has 0 saturated carbocycles. The van der Waals surface area contributed by atoms with Gasteiger partial charge >= 0.3 is 0 Å². The Hall–Kier alpha value is -0.160. The minimum Gasteiger partial charge on any atom is -0.399 e. The van der Waals surface area contributed by atoms with Gasteiger partial charge in [-0.1, -0.05) is 11.6 Å². The van der Waals surface area contributed by atoms with Crippen LogP contribution in [0, 0.1) is 0 Å². The summed E-state index contributed by atoms with van der Waals surface area (Å²) in [6.45, 7) is 0. The van der Waals surface area contributed by atoms with E-state index in [0.717, 1.165) is 20.1 Å². The van der Waals surface area contributed by atoms with Crippen LogP contribution in [0.1, 0.15) is 4.88 Å². The molecule has 1 nitrogen and oxygen atoms in total. The highest BCUT2D eigenvalue weighted by Crippen LogP contribution is 2.33. The van der Waals surface area contributed by atoms with Crippen LogP contribution in [0.2, 0.25) is 5.02 Å². The van der Waals surface area contributed by atoms with Crippen LogP contribution in [0.25, 0.3) is 0 Å². The Balaban J connectivity index is 2.04. The molecule has 0 spiro atoms. The van der Waals surface area contributed by atoms with Gasteiger partial charge in [0.25, 0.3) is 0 Å². The van der Waals surface area contributed by atoms with Crippen molar-refractivity contribution < 1.29 is 0 Å². The summed E-state index contributed by atoms with van der Waals surface area (Å²) in [4.78, 5) is 2.39. The molecule has 0 unspecified atom stereocenters. The van der Waals surface area contributed by atoms with Crippen molar-refractivity contribution in [1.29, 1.82) is 0 Å². The highest BCUT2D eigenvalue weighted by Gasteiger charge is 2.03. The van der Waals surface area contributed by atoms with Gasteiger partial charge in [0.15, 0.2) is 0 Å². The van der Waals surface area contributed by atoms with Crippen molar-refractivity contribution in [2.45, 2.75) is 10.6 Å². The van der Waals surface area contributed by atoms with Gasteiger partial charge in [0.1, 0.15) is 0 Å². The lowest BCUT2D eigenvalue weighted by Crippen LogP contribution is -1.84. The Morgan fingerprint density at radius 3 is 2.81 bits per heavy atom. The predicted molar refractivity (Wildman–Crippen MR) is 77.4 cm³/mol. The van der Waals surface area contributed by atoms with Crippen LogP contribution in [0.15, 0.2) is 39.0 Å². The summed E-state index contributed by atoms with van der Waals surface area (Å²) in [5.41, 5.74) is 6.34. The van der Waals surface area contributed by atoms with E-state index in [1.54, 1.807) is 29.2 Å². The average Bonchev–Trinajstić information content (AvgIpc) is 2.63. The van der Waals surface area contributed by atoms with Crippen LogP contribution in [-0.2, 0) is 5.75 Å². The van der Waals surface area contributed by atoms with Crippen molar-refractivity contribution in [3.63, 3.8) is 0 Å². The van der Waals surface area contributed by atoms with E-state index in [2.05, 4.69) is 27.4 Å². The summed E-state index contributed by atoms with van der Waals surface area (Å²) in [7, 11) is 0. The van der Waals surface area contributed by atoms with Crippen LogP contribution >= 0.6 is 50.6 Å². The van der Waals surface area contributed by atoms with Gasteiger partial charge in [-0.15, -0.1) is 23.1 Å². The second-order valence-electron chi connectivity index (χ2n) is 3.21. The summed E-state index contributed by atoms with van der Waals surface area (Å²) in [6, 6.07) is 7.75. The second kappa shape index (κ2) is 5.45. The van der Waals surface area contributed by atoms with Crippen molar-refractivity contribution >= 4 is 56.3 Å². The molecule has 2 rings (SSSR count). The van der Waals surface area contributed by atoms with Gasteiger partial charge in [-0.2, -0.15) is 0 Å². The van der Waals surface area contributed by atoms with Crippen LogP contribution in [-0.4, -0.2) is 0 Å². The third-order valence-electron chi connectivity index (χ3n) is 1.95. The molecule has 0 amide bonds. The Labute approximate surface area is 116 Å². The Morgan fingerprint density at radius 2 is 2.19 bits per heavy atom. The van der Waals surface area contributed by atoms with E-state index in [0.29, 0.717) is 5.69 Å². The SMILES string of the molecule is Nc1ccc(SCc2cc(Br)cs2)c(Cl)c1. The van der Waals surface area contributed by atoms with Gasteiger partial charge in [0.2, 0.25) is 0 Å². The van der Waals surface area contributed by atoms with Crippen molar-refractivity contribution in [3.05, 3.63) is 44.0 Å². The number of thioether (sulfide) groups is 1. The highest BCUT2D eigenvalue weighted by molar-refractivity contribution is 9.10. The van der Waals surface area contributed by atoms with Gasteiger partial charge in [-0.3, -0.25) is 0 Å². The van der Waals surface area contributed by atoms with Crippen LogP contribution in [0.5, 0.6) is 0 Å². The van der Waals surface area contributed by atoms with Crippen LogP contribution in [0.3, 0.4) is 0 Å². The molecule has 1 aromatic carbocycles. The summed E-state index contributed by atoms with van der Waals surface area (Å²) in [5.74, 6) is 0.930. The van der Waals surface area contributed by atoms with E-state index in [1.807, 2.05) is 12.1 Å². The average molecular weight is 335 g/mol. The fourth-order valence-corrected chi connectivity index (χ4v) is 3.99. The fraction of sp³-hybridized carbons (Fsp3) is 0.0909. The first kappa shape index (κ1) is 12.3. The van der Waals surface area contributed by atoms with Gasteiger partial charge in [-0.25, -0.2) is 0 Å². The molecule has 16 heavy (non-hydrogen) atoms. The predicted octanol–water partition coefficient (Wildman–Crippen LogP) is 5.04. The highest BCUT2D eigenvalue weighted by atomic mass is 79.9. The number of benzene rings is 1. The lowest BCUT2D eigenvalue weighted by Gasteiger charge is -2.03. The van der Waals surface area contributed by atoms with Gasteiger partial charge < -0.3 is 5.73 Å². The number of nitrogen functional groups attached to an aromatic ring is 1. The molecule has 5 heteroatoms. The maximum atomic E-state index is 6.09. The zero-order valence-corrected chi connectivity index (χ0v) is 12.2. The minimum absolute atomic E-state index is 0.702. The topological polar surface area (TPSA) is 26.0 Å². The van der Waals surface area contributed by atoms with E-state index in [-0.39, 0.29) is 0 Å². The molecule has 0 aliphatic rings. The van der Waals surface area contributed by atoms with Crippen LogP contribution in [0.4, 0.5) is 5.69 Å². The van der Waals surface area contributed by atoms with E-state index < -0.39 is 0 Å². The maximum absolute atomic E-state index is 6.09. The molecule has 0 radical (unpaired) electrons. The first-order valence-electron chi connectivity index (χ1n) is 4.56. The molecule has 0 aliphatic carbocycles. The van der Waals surface area contributed by atoms with Gasteiger partial charge in [-0.05, 0) is 40.2 Å². The lowest BCUT2D eigenvalue weighted by atomic mass is 10.3. The summed E-state index contributed by atoms with van der Waals surface area (Å²) >= 11 is 13.0. The normalized spacial score (nSPS) is 10.6. The number of halogens is 2. The molecule has 0 aliphatic heterocycles. The Kier molecular flexibility index (Phi) is 4.19. The van der Waals surface area contributed by atoms with Crippen LogP contribution < -0.4 is 5.73 Å². The summed E-state index contributed by atoms with van der Waals surface area (Å²) < 4.78 is 1.14. The zero-order valence-electron chi connectivity index (χ0n) is 8.24. The smallest absolute Gasteiger partial charge is 0.0562 e. The summed E-state index contributed by atoms with van der Waals surface area (Å²) in [5, 5.41) is 2.81. The van der Waals surface area contributed by atoms with E-state index in [1.165, 1.54) is 4.88 Å². The van der Waals surface area contributed by atoms with E-state index in [4.69, 9.17) is 17.3 Å². The molecule has 1 aromatic heterocycles. The first-order chi connectivity index (χ1) is 7.65. The number of thiophene rings is 1.